The van der Waals surface area contributed by atoms with Gasteiger partial charge >= 0.3 is 5.97 Å². The summed E-state index contributed by atoms with van der Waals surface area (Å²) in [6, 6.07) is 25.7. The molecule has 0 fully saturated rings. The van der Waals surface area contributed by atoms with Gasteiger partial charge in [0, 0.05) is 24.7 Å². The van der Waals surface area contributed by atoms with E-state index in [0.717, 1.165) is 16.7 Å². The Morgan fingerprint density at radius 1 is 0.897 bits per heavy atom. The summed E-state index contributed by atoms with van der Waals surface area (Å²) >= 11 is 0. The maximum Gasteiger partial charge on any atom is 0.328 e. The van der Waals surface area contributed by atoms with Crippen LogP contribution in [0.15, 0.2) is 89.9 Å². The third-order valence-corrected chi connectivity index (χ3v) is 4.36. The van der Waals surface area contributed by atoms with E-state index in [1.165, 1.54) is 0 Å². The molecule has 1 atom stereocenters. The maximum absolute atomic E-state index is 12.0. The van der Waals surface area contributed by atoms with Crippen molar-refractivity contribution >= 4 is 11.7 Å². The number of nitrogens with zero attached hydrogens (tertiary/aromatic N) is 1. The smallest absolute Gasteiger partial charge is 0.328 e. The Balaban J connectivity index is 1.89. The molecule has 0 unspecified atom stereocenters. The van der Waals surface area contributed by atoms with E-state index >= 15 is 0 Å². The first kappa shape index (κ1) is 20.3. The molecule has 0 radical (unpaired) electrons. The Morgan fingerprint density at radius 2 is 1.45 bits per heavy atom. The number of hydrogen-bond donors (Lipinski definition) is 1. The fourth-order valence-electron chi connectivity index (χ4n) is 2.92. The molecule has 1 N–H and O–H groups in total. The summed E-state index contributed by atoms with van der Waals surface area (Å²) in [7, 11) is 1.56. The van der Waals surface area contributed by atoms with E-state index in [2.05, 4.69) is 4.99 Å². The molecule has 0 aliphatic heterocycles. The molecular weight excluding hydrogens is 366 g/mol. The van der Waals surface area contributed by atoms with E-state index in [-0.39, 0.29) is 13.2 Å². The molecule has 0 aliphatic carbocycles. The first-order valence-electron chi connectivity index (χ1n) is 9.29. The number of carbonyl (C=O) groups is 1. The van der Waals surface area contributed by atoms with Gasteiger partial charge in [0.05, 0.1) is 5.71 Å². The molecule has 0 aliphatic rings. The van der Waals surface area contributed by atoms with Crippen molar-refractivity contribution in [1.29, 1.82) is 0 Å². The van der Waals surface area contributed by atoms with Crippen LogP contribution in [0.25, 0.3) is 0 Å². The first-order valence-corrected chi connectivity index (χ1v) is 9.29. The van der Waals surface area contributed by atoms with Gasteiger partial charge in [-0.25, -0.2) is 4.79 Å². The van der Waals surface area contributed by atoms with Crippen molar-refractivity contribution in [3.8, 4) is 5.75 Å². The molecule has 3 aromatic rings. The molecular formula is C24H23NO4. The van der Waals surface area contributed by atoms with Gasteiger partial charge < -0.3 is 14.6 Å². The fourth-order valence-corrected chi connectivity index (χ4v) is 2.92. The average Bonchev–Trinajstić information content (AvgIpc) is 2.77. The van der Waals surface area contributed by atoms with Crippen LogP contribution in [0.1, 0.15) is 16.7 Å². The van der Waals surface area contributed by atoms with Crippen molar-refractivity contribution in [2.45, 2.75) is 12.5 Å². The number of carboxylic acids is 1. The topological polar surface area (TPSA) is 68.1 Å². The number of benzene rings is 3. The summed E-state index contributed by atoms with van der Waals surface area (Å²) in [4.78, 5) is 16.6. The highest BCUT2D eigenvalue weighted by Gasteiger charge is 2.19. The van der Waals surface area contributed by atoms with E-state index in [4.69, 9.17) is 9.47 Å². The first-order chi connectivity index (χ1) is 14.2. The van der Waals surface area contributed by atoms with Gasteiger partial charge in [-0.3, -0.25) is 4.99 Å². The monoisotopic (exact) mass is 389 g/mol. The minimum absolute atomic E-state index is 0.166. The number of ether oxygens (including phenoxy) is 2. The van der Waals surface area contributed by atoms with Crippen molar-refractivity contribution in [2.75, 3.05) is 13.9 Å². The van der Waals surface area contributed by atoms with Crippen LogP contribution in [0.4, 0.5) is 0 Å². The number of aliphatic imine (C=N–C) groups is 1. The van der Waals surface area contributed by atoms with E-state index in [9.17, 15) is 9.90 Å². The van der Waals surface area contributed by atoms with E-state index in [1.807, 2.05) is 72.8 Å². The van der Waals surface area contributed by atoms with Crippen molar-refractivity contribution < 1.29 is 19.4 Å². The van der Waals surface area contributed by atoms with Crippen molar-refractivity contribution in [1.82, 2.24) is 0 Å². The molecule has 0 spiro atoms. The lowest BCUT2D eigenvalue weighted by atomic mass is 10.0. The number of hydrogen-bond acceptors (Lipinski definition) is 4. The van der Waals surface area contributed by atoms with Crippen LogP contribution < -0.4 is 4.74 Å². The highest BCUT2D eigenvalue weighted by molar-refractivity contribution is 6.13. The second-order valence-electron chi connectivity index (χ2n) is 6.46. The van der Waals surface area contributed by atoms with Crippen LogP contribution in [0, 0.1) is 0 Å². The van der Waals surface area contributed by atoms with Crippen molar-refractivity contribution in [3.05, 3.63) is 102 Å². The Hall–Kier alpha value is -3.44. The number of carboxylic acid groups (broad SMARTS) is 1. The molecule has 0 aromatic heterocycles. The van der Waals surface area contributed by atoms with Gasteiger partial charge in [-0.1, -0.05) is 72.8 Å². The van der Waals surface area contributed by atoms with Crippen LogP contribution in [-0.2, 0) is 16.0 Å². The molecule has 148 valence electrons. The highest BCUT2D eigenvalue weighted by atomic mass is 16.7. The number of methoxy groups -OCH3 is 1. The van der Waals surface area contributed by atoms with Crippen LogP contribution in [0.2, 0.25) is 0 Å². The molecule has 5 heteroatoms. The third-order valence-electron chi connectivity index (χ3n) is 4.36. The van der Waals surface area contributed by atoms with Crippen LogP contribution in [0.3, 0.4) is 0 Å². The van der Waals surface area contributed by atoms with Gasteiger partial charge in [-0.15, -0.1) is 0 Å². The maximum atomic E-state index is 12.0. The Morgan fingerprint density at radius 3 is 1.93 bits per heavy atom. The van der Waals surface area contributed by atoms with E-state index in [1.54, 1.807) is 19.2 Å². The molecule has 0 saturated heterocycles. The minimum Gasteiger partial charge on any atom is -0.480 e. The van der Waals surface area contributed by atoms with E-state index < -0.39 is 12.0 Å². The Bertz CT molecular complexity index is 896. The molecule has 5 nitrogen and oxygen atoms in total. The minimum atomic E-state index is -0.964. The van der Waals surface area contributed by atoms with Gasteiger partial charge in [-0.05, 0) is 17.7 Å². The van der Waals surface area contributed by atoms with Crippen molar-refractivity contribution in [3.63, 3.8) is 0 Å². The van der Waals surface area contributed by atoms with E-state index in [0.29, 0.717) is 11.5 Å². The van der Waals surface area contributed by atoms with Gasteiger partial charge in [0.25, 0.3) is 0 Å². The summed E-state index contributed by atoms with van der Waals surface area (Å²) in [6.45, 7) is 0.166. The van der Waals surface area contributed by atoms with Crippen LogP contribution in [0.5, 0.6) is 5.75 Å². The predicted octanol–water partition coefficient (Wildman–Crippen LogP) is 4.20. The zero-order valence-corrected chi connectivity index (χ0v) is 16.2. The average molecular weight is 389 g/mol. The van der Waals surface area contributed by atoms with Gasteiger partial charge in [0.15, 0.2) is 12.8 Å². The summed E-state index contributed by atoms with van der Waals surface area (Å²) < 4.78 is 10.3. The van der Waals surface area contributed by atoms with Crippen molar-refractivity contribution in [2.24, 2.45) is 4.99 Å². The van der Waals surface area contributed by atoms with Gasteiger partial charge in [-0.2, -0.15) is 0 Å². The summed E-state index contributed by atoms with van der Waals surface area (Å²) in [5, 5.41) is 9.80. The fraction of sp³-hybridized carbons (Fsp3) is 0.167. The number of rotatable bonds is 9. The second kappa shape index (κ2) is 10.2. The van der Waals surface area contributed by atoms with Gasteiger partial charge in [0.1, 0.15) is 5.75 Å². The Kier molecular flexibility index (Phi) is 7.14. The highest BCUT2D eigenvalue weighted by Crippen LogP contribution is 2.17. The standard InChI is InChI=1S/C24H23NO4/c1-28-17-29-21-14-12-18(13-15-21)16-22(24(26)27)25-23(19-8-4-2-5-9-19)20-10-6-3-7-11-20/h2-15,22H,16-17H2,1H3,(H,26,27)/t22-/m0/s1. The lowest BCUT2D eigenvalue weighted by Gasteiger charge is -2.13. The molecule has 3 aromatic carbocycles. The molecule has 0 saturated carbocycles. The largest absolute Gasteiger partial charge is 0.480 e. The van der Waals surface area contributed by atoms with Crippen LogP contribution in [-0.4, -0.2) is 36.7 Å². The summed E-state index contributed by atoms with van der Waals surface area (Å²) in [5.74, 6) is -0.297. The summed E-state index contributed by atoms with van der Waals surface area (Å²) in [5.41, 5.74) is 3.30. The SMILES string of the molecule is COCOc1ccc(C[C@H](N=C(c2ccccc2)c2ccccc2)C(=O)O)cc1. The quantitative estimate of drug-likeness (QED) is 0.440. The predicted molar refractivity (Wildman–Crippen MR) is 113 cm³/mol. The number of aliphatic carboxylic acids is 1. The Labute approximate surface area is 170 Å². The van der Waals surface area contributed by atoms with Gasteiger partial charge in [0.2, 0.25) is 0 Å². The zero-order valence-electron chi connectivity index (χ0n) is 16.2. The molecule has 0 amide bonds. The molecule has 0 bridgehead atoms. The lowest BCUT2D eigenvalue weighted by Crippen LogP contribution is -2.23. The molecule has 3 rings (SSSR count). The summed E-state index contributed by atoms with van der Waals surface area (Å²) in [6.07, 6.45) is 0.281. The molecule has 0 heterocycles. The normalized spacial score (nSPS) is 11.5. The van der Waals surface area contributed by atoms with Crippen LogP contribution >= 0.6 is 0 Å². The zero-order chi connectivity index (χ0) is 20.5. The second-order valence-corrected chi connectivity index (χ2v) is 6.46. The third kappa shape index (κ3) is 5.77. The lowest BCUT2D eigenvalue weighted by molar-refractivity contribution is -0.138. The molecule has 29 heavy (non-hydrogen) atoms.